The van der Waals surface area contributed by atoms with Crippen molar-refractivity contribution in [2.45, 2.75) is 348 Å². The van der Waals surface area contributed by atoms with Crippen LogP contribution in [-0.4, -0.2) is 37.2 Å². The molecule has 1 unspecified atom stereocenters. The number of allylic oxidation sites excluding steroid dienone is 4. The van der Waals surface area contributed by atoms with Crippen LogP contribution in [0.4, 0.5) is 0 Å². The van der Waals surface area contributed by atoms with Crippen LogP contribution in [0.1, 0.15) is 342 Å². The van der Waals surface area contributed by atoms with Gasteiger partial charge in [0.15, 0.2) is 6.10 Å². The third-order valence-corrected chi connectivity index (χ3v) is 13.9. The van der Waals surface area contributed by atoms with Crippen LogP contribution in [0.5, 0.6) is 0 Å². The third kappa shape index (κ3) is 56.7. The van der Waals surface area contributed by atoms with Gasteiger partial charge in [-0.1, -0.05) is 283 Å². The Kier molecular flexibility index (Phi) is 56.7. The number of ether oxygens (including phenoxy) is 3. The van der Waals surface area contributed by atoms with E-state index in [2.05, 4.69) is 45.1 Å². The van der Waals surface area contributed by atoms with Gasteiger partial charge < -0.3 is 14.2 Å². The maximum atomic E-state index is 12.8. The Bertz CT molecular complexity index is 1110. The quantitative estimate of drug-likeness (QED) is 0.0261. The van der Waals surface area contributed by atoms with E-state index >= 15 is 0 Å². The van der Waals surface area contributed by atoms with E-state index in [1.807, 2.05) is 0 Å². The van der Waals surface area contributed by atoms with Crippen LogP contribution in [0.25, 0.3) is 0 Å². The molecule has 0 aromatic carbocycles. The molecule has 6 heteroatoms. The minimum absolute atomic E-state index is 0.0729. The monoisotopic (exact) mass is 971 g/mol. The Labute approximate surface area is 430 Å². The molecule has 6 nitrogen and oxygen atoms in total. The zero-order valence-electron chi connectivity index (χ0n) is 46.6. The van der Waals surface area contributed by atoms with Crippen LogP contribution >= 0.6 is 0 Å². The molecule has 0 amide bonds. The predicted octanol–water partition coefficient (Wildman–Crippen LogP) is 20.7. The third-order valence-electron chi connectivity index (χ3n) is 13.9. The summed E-state index contributed by atoms with van der Waals surface area (Å²) in [6.07, 6.45) is 69.1. The van der Waals surface area contributed by atoms with Crippen LogP contribution < -0.4 is 0 Å². The van der Waals surface area contributed by atoms with Gasteiger partial charge in [-0.2, -0.15) is 0 Å². The summed E-state index contributed by atoms with van der Waals surface area (Å²) in [5, 5.41) is 0. The SMILES string of the molecule is CCC/C=C\CCCCCCCC(=O)OCC(COC(=O)CCCCCCCCCCCCCCCCCCCCCCCCCCC)OC(=O)CCCCCCC/C=C\CCCCCCCCC. The van der Waals surface area contributed by atoms with E-state index in [-0.39, 0.29) is 31.1 Å². The smallest absolute Gasteiger partial charge is 0.306 e. The summed E-state index contributed by atoms with van der Waals surface area (Å²) in [7, 11) is 0. The van der Waals surface area contributed by atoms with E-state index < -0.39 is 6.10 Å². The van der Waals surface area contributed by atoms with Crippen molar-refractivity contribution in [3.05, 3.63) is 24.3 Å². The van der Waals surface area contributed by atoms with Gasteiger partial charge in [-0.25, -0.2) is 0 Å². The van der Waals surface area contributed by atoms with Crippen molar-refractivity contribution in [1.82, 2.24) is 0 Å². The number of unbranched alkanes of at least 4 members (excludes halogenated alkanes) is 42. The van der Waals surface area contributed by atoms with Gasteiger partial charge in [0, 0.05) is 19.3 Å². The fourth-order valence-electron chi connectivity index (χ4n) is 9.27. The average molecular weight is 972 g/mol. The Balaban J connectivity index is 4.16. The van der Waals surface area contributed by atoms with Crippen molar-refractivity contribution in [2.75, 3.05) is 13.2 Å². The lowest BCUT2D eigenvalue weighted by atomic mass is 10.0. The van der Waals surface area contributed by atoms with Gasteiger partial charge in [-0.05, 0) is 64.2 Å². The molecule has 0 aromatic rings. The second-order valence-corrected chi connectivity index (χ2v) is 21.0. The van der Waals surface area contributed by atoms with E-state index in [1.165, 1.54) is 225 Å². The van der Waals surface area contributed by atoms with E-state index in [4.69, 9.17) is 14.2 Å². The van der Waals surface area contributed by atoms with Crippen molar-refractivity contribution < 1.29 is 28.6 Å². The molecule has 0 aromatic heterocycles. The van der Waals surface area contributed by atoms with Crippen molar-refractivity contribution in [3.63, 3.8) is 0 Å². The lowest BCUT2D eigenvalue weighted by Crippen LogP contribution is -2.30. The molecule has 0 saturated carbocycles. The van der Waals surface area contributed by atoms with E-state index in [0.717, 1.165) is 77.0 Å². The minimum Gasteiger partial charge on any atom is -0.462 e. The fourth-order valence-corrected chi connectivity index (χ4v) is 9.27. The molecule has 0 rings (SSSR count). The van der Waals surface area contributed by atoms with Crippen molar-refractivity contribution in [2.24, 2.45) is 0 Å². The molecular weight excluding hydrogens is 853 g/mol. The van der Waals surface area contributed by atoms with E-state index in [1.54, 1.807) is 0 Å². The molecule has 0 spiro atoms. The highest BCUT2D eigenvalue weighted by Gasteiger charge is 2.19. The molecule has 0 aliphatic carbocycles. The number of rotatable bonds is 57. The lowest BCUT2D eigenvalue weighted by Gasteiger charge is -2.18. The number of carbonyl (C=O) groups excluding carboxylic acids is 3. The molecule has 69 heavy (non-hydrogen) atoms. The first kappa shape index (κ1) is 66.9. The first-order valence-corrected chi connectivity index (χ1v) is 30.8. The highest BCUT2D eigenvalue weighted by Crippen LogP contribution is 2.18. The number of carbonyl (C=O) groups is 3. The molecule has 0 radical (unpaired) electrons. The summed E-state index contributed by atoms with van der Waals surface area (Å²) in [4.78, 5) is 38.1. The number of hydrogen-bond donors (Lipinski definition) is 0. The van der Waals surface area contributed by atoms with Crippen LogP contribution in [0.3, 0.4) is 0 Å². The minimum atomic E-state index is -0.775. The molecule has 0 N–H and O–H groups in total. The zero-order valence-corrected chi connectivity index (χ0v) is 46.6. The van der Waals surface area contributed by atoms with E-state index in [9.17, 15) is 14.4 Å². The molecule has 0 fully saturated rings. The average Bonchev–Trinajstić information content (AvgIpc) is 3.35. The highest BCUT2D eigenvalue weighted by atomic mass is 16.6. The molecule has 0 aliphatic rings. The Morgan fingerprint density at radius 3 is 0.783 bits per heavy atom. The van der Waals surface area contributed by atoms with Gasteiger partial charge in [-0.3, -0.25) is 14.4 Å². The van der Waals surface area contributed by atoms with E-state index in [0.29, 0.717) is 19.3 Å². The normalized spacial score (nSPS) is 12.1. The topological polar surface area (TPSA) is 78.9 Å². The molecule has 0 aliphatic heterocycles. The summed E-state index contributed by atoms with van der Waals surface area (Å²) in [5.74, 6) is -0.872. The number of esters is 3. The second kappa shape index (κ2) is 58.5. The van der Waals surface area contributed by atoms with Crippen molar-refractivity contribution >= 4 is 17.9 Å². The molecule has 0 saturated heterocycles. The molecule has 0 heterocycles. The Hall–Kier alpha value is -2.11. The molecule has 0 bridgehead atoms. The Morgan fingerprint density at radius 2 is 0.507 bits per heavy atom. The first-order chi connectivity index (χ1) is 34.0. The van der Waals surface area contributed by atoms with Crippen molar-refractivity contribution in [3.8, 4) is 0 Å². The molecule has 1 atom stereocenters. The summed E-state index contributed by atoms with van der Waals surface area (Å²) in [6, 6.07) is 0. The highest BCUT2D eigenvalue weighted by molar-refractivity contribution is 5.71. The lowest BCUT2D eigenvalue weighted by molar-refractivity contribution is -0.167. The van der Waals surface area contributed by atoms with Crippen LogP contribution in [0.2, 0.25) is 0 Å². The summed E-state index contributed by atoms with van der Waals surface area (Å²) in [5.41, 5.74) is 0. The number of hydrogen-bond acceptors (Lipinski definition) is 6. The van der Waals surface area contributed by atoms with Gasteiger partial charge in [-0.15, -0.1) is 0 Å². The van der Waals surface area contributed by atoms with Gasteiger partial charge in [0.1, 0.15) is 13.2 Å². The maximum absolute atomic E-state index is 12.8. The second-order valence-electron chi connectivity index (χ2n) is 21.0. The largest absolute Gasteiger partial charge is 0.462 e. The summed E-state index contributed by atoms with van der Waals surface area (Å²) in [6.45, 7) is 6.62. The fraction of sp³-hybridized carbons (Fsp3) is 0.889. The zero-order chi connectivity index (χ0) is 50.0. The van der Waals surface area contributed by atoms with Gasteiger partial charge in [0.25, 0.3) is 0 Å². The Morgan fingerprint density at radius 1 is 0.275 bits per heavy atom. The maximum Gasteiger partial charge on any atom is 0.306 e. The van der Waals surface area contributed by atoms with Gasteiger partial charge >= 0.3 is 17.9 Å². The van der Waals surface area contributed by atoms with Gasteiger partial charge in [0.05, 0.1) is 0 Å². The van der Waals surface area contributed by atoms with Crippen molar-refractivity contribution in [1.29, 1.82) is 0 Å². The molecular formula is C63H118O6. The summed E-state index contributed by atoms with van der Waals surface area (Å²) >= 11 is 0. The summed E-state index contributed by atoms with van der Waals surface area (Å²) < 4.78 is 16.9. The first-order valence-electron chi connectivity index (χ1n) is 30.8. The van der Waals surface area contributed by atoms with Gasteiger partial charge in [0.2, 0.25) is 0 Å². The standard InChI is InChI=1S/C63H118O6/c1-4-7-10-13-16-19-22-24-26-28-29-30-31-32-33-34-35-36-38-39-41-44-47-50-53-56-62(65)68-59-60(58-67-61(64)55-52-49-46-43-21-18-15-12-9-6-3)69-63(66)57-54-51-48-45-42-40-37-27-25-23-20-17-14-11-8-5-2/h12,15,27,37,60H,4-11,13-14,16-26,28-36,38-59H2,1-3H3/b15-12-,37-27-. The van der Waals surface area contributed by atoms with Crippen LogP contribution in [0.15, 0.2) is 24.3 Å². The van der Waals surface area contributed by atoms with Crippen LogP contribution in [0, 0.1) is 0 Å². The van der Waals surface area contributed by atoms with Crippen LogP contribution in [-0.2, 0) is 28.6 Å². The molecule has 406 valence electrons. The predicted molar refractivity (Wildman–Crippen MR) is 298 cm³/mol.